The number of rotatable bonds is 3. The van der Waals surface area contributed by atoms with E-state index in [1.54, 1.807) is 0 Å². The normalized spacial score (nSPS) is 11.6. The van der Waals surface area contributed by atoms with Gasteiger partial charge in [0.15, 0.2) is 0 Å². The summed E-state index contributed by atoms with van der Waals surface area (Å²) in [5, 5.41) is 6.73. The van der Waals surface area contributed by atoms with Gasteiger partial charge in [-0.25, -0.2) is 4.98 Å². The molecule has 118 valence electrons. The van der Waals surface area contributed by atoms with E-state index < -0.39 is 0 Å². The Morgan fingerprint density at radius 3 is 2.67 bits per heavy atom. The number of benzene rings is 2. The van der Waals surface area contributed by atoms with Gasteiger partial charge in [0, 0.05) is 35.1 Å². The summed E-state index contributed by atoms with van der Waals surface area (Å²) in [7, 11) is 2.04. The molecule has 0 saturated carbocycles. The number of aryl methyl sites for hydroxylation is 2. The maximum absolute atomic E-state index is 4.60. The molecule has 0 unspecified atom stereocenters. The van der Waals surface area contributed by atoms with Crippen molar-refractivity contribution in [3.63, 3.8) is 0 Å². The second-order valence-electron chi connectivity index (χ2n) is 5.92. The minimum absolute atomic E-state index is 0.752. The number of aromatic nitrogens is 2. The zero-order valence-electron chi connectivity index (χ0n) is 13.7. The van der Waals surface area contributed by atoms with Gasteiger partial charge in [-0.15, -0.1) is 0 Å². The number of nitrogens with one attached hydrogen (secondary N) is 1. The standard InChI is InChI=1S/C20H18N4/c1-14-11-20(22-18-9-5-3-7-16(14)18)23-21-12-15-13-24(2)19-10-6-4-8-17(15)19/h3-13H,1-2H3,(H,22,23)/b21-12-. The first-order chi connectivity index (χ1) is 11.7. The van der Waals surface area contributed by atoms with E-state index in [-0.39, 0.29) is 0 Å². The first-order valence-corrected chi connectivity index (χ1v) is 7.92. The third-order valence-electron chi connectivity index (χ3n) is 4.23. The summed E-state index contributed by atoms with van der Waals surface area (Å²) in [6.45, 7) is 2.09. The van der Waals surface area contributed by atoms with Crippen LogP contribution in [0.3, 0.4) is 0 Å². The third-order valence-corrected chi connectivity index (χ3v) is 4.23. The monoisotopic (exact) mass is 314 g/mol. The Balaban J connectivity index is 1.63. The van der Waals surface area contributed by atoms with Crippen molar-refractivity contribution in [1.29, 1.82) is 0 Å². The minimum atomic E-state index is 0.752. The molecule has 0 saturated heterocycles. The SMILES string of the molecule is Cc1cc(N/N=C\c2cn(C)c3ccccc23)nc2ccccc12. The molecule has 0 aliphatic carbocycles. The van der Waals surface area contributed by atoms with Crippen LogP contribution in [0.25, 0.3) is 21.8 Å². The molecule has 0 atom stereocenters. The van der Waals surface area contributed by atoms with E-state index in [4.69, 9.17) is 0 Å². The molecule has 24 heavy (non-hydrogen) atoms. The highest BCUT2D eigenvalue weighted by Gasteiger charge is 2.04. The summed E-state index contributed by atoms with van der Waals surface area (Å²) in [4.78, 5) is 4.60. The van der Waals surface area contributed by atoms with Crippen LogP contribution in [0.2, 0.25) is 0 Å². The number of para-hydroxylation sites is 2. The topological polar surface area (TPSA) is 42.2 Å². The molecule has 0 fully saturated rings. The number of anilines is 1. The van der Waals surface area contributed by atoms with Crippen LogP contribution in [0.4, 0.5) is 5.82 Å². The van der Waals surface area contributed by atoms with Crippen LogP contribution in [0, 0.1) is 6.92 Å². The Morgan fingerprint density at radius 1 is 1.04 bits per heavy atom. The van der Waals surface area contributed by atoms with Gasteiger partial charge in [-0.3, -0.25) is 5.43 Å². The Hall–Kier alpha value is -3.14. The number of pyridine rings is 1. The third kappa shape index (κ3) is 2.52. The molecule has 2 aromatic carbocycles. The Morgan fingerprint density at radius 2 is 1.79 bits per heavy atom. The van der Waals surface area contributed by atoms with Crippen molar-refractivity contribution in [1.82, 2.24) is 9.55 Å². The van der Waals surface area contributed by atoms with Gasteiger partial charge in [0.05, 0.1) is 11.7 Å². The summed E-state index contributed by atoms with van der Waals surface area (Å²) in [6, 6.07) is 18.4. The van der Waals surface area contributed by atoms with Gasteiger partial charge in [-0.2, -0.15) is 5.10 Å². The summed E-state index contributed by atoms with van der Waals surface area (Å²) in [6.07, 6.45) is 3.92. The van der Waals surface area contributed by atoms with Gasteiger partial charge < -0.3 is 4.57 Å². The highest BCUT2D eigenvalue weighted by molar-refractivity contribution is 5.99. The molecule has 4 aromatic rings. The van der Waals surface area contributed by atoms with Crippen molar-refractivity contribution < 1.29 is 0 Å². The van der Waals surface area contributed by atoms with Crippen molar-refractivity contribution in [2.24, 2.45) is 12.1 Å². The first-order valence-electron chi connectivity index (χ1n) is 7.92. The van der Waals surface area contributed by atoms with Crippen LogP contribution >= 0.6 is 0 Å². The predicted molar refractivity (Wildman–Crippen MR) is 101 cm³/mol. The highest BCUT2D eigenvalue weighted by Crippen LogP contribution is 2.20. The fourth-order valence-corrected chi connectivity index (χ4v) is 3.05. The van der Waals surface area contributed by atoms with E-state index in [0.717, 1.165) is 16.9 Å². The maximum atomic E-state index is 4.60. The number of hydrazone groups is 1. The fraction of sp³-hybridized carbons (Fsp3) is 0.100. The average Bonchev–Trinajstić information content (AvgIpc) is 2.92. The Labute approximate surface area is 140 Å². The number of nitrogens with zero attached hydrogens (tertiary/aromatic N) is 3. The van der Waals surface area contributed by atoms with Gasteiger partial charge in [-0.1, -0.05) is 36.4 Å². The van der Waals surface area contributed by atoms with Crippen molar-refractivity contribution in [2.45, 2.75) is 6.92 Å². The van der Waals surface area contributed by atoms with E-state index in [1.165, 1.54) is 21.9 Å². The molecular formula is C20H18N4. The molecule has 4 heteroatoms. The zero-order chi connectivity index (χ0) is 16.5. The van der Waals surface area contributed by atoms with Gasteiger partial charge in [0.2, 0.25) is 0 Å². The van der Waals surface area contributed by atoms with Crippen LogP contribution in [0.15, 0.2) is 65.9 Å². The van der Waals surface area contributed by atoms with Crippen molar-refractivity contribution in [3.05, 3.63) is 71.9 Å². The van der Waals surface area contributed by atoms with Crippen LogP contribution in [0.5, 0.6) is 0 Å². The Bertz CT molecular complexity index is 1060. The molecule has 0 radical (unpaired) electrons. The largest absolute Gasteiger partial charge is 0.350 e. The van der Waals surface area contributed by atoms with E-state index in [1.807, 2.05) is 49.7 Å². The molecule has 0 aliphatic heterocycles. The lowest BCUT2D eigenvalue weighted by Gasteiger charge is -2.05. The lowest BCUT2D eigenvalue weighted by atomic mass is 10.1. The molecule has 0 amide bonds. The molecular weight excluding hydrogens is 296 g/mol. The lowest BCUT2D eigenvalue weighted by molar-refractivity contribution is 0.968. The second kappa shape index (κ2) is 5.81. The van der Waals surface area contributed by atoms with Gasteiger partial charge in [0.25, 0.3) is 0 Å². The average molecular weight is 314 g/mol. The second-order valence-corrected chi connectivity index (χ2v) is 5.92. The maximum Gasteiger partial charge on any atom is 0.147 e. The lowest BCUT2D eigenvalue weighted by Crippen LogP contribution is -1.95. The predicted octanol–water partition coefficient (Wildman–Crippen LogP) is 4.48. The van der Waals surface area contributed by atoms with E-state index in [0.29, 0.717) is 0 Å². The highest BCUT2D eigenvalue weighted by atomic mass is 15.3. The molecule has 4 rings (SSSR count). The smallest absolute Gasteiger partial charge is 0.147 e. The molecule has 4 nitrogen and oxygen atoms in total. The molecule has 0 bridgehead atoms. The number of fused-ring (bicyclic) bond motifs is 2. The van der Waals surface area contributed by atoms with Crippen molar-refractivity contribution >= 4 is 33.8 Å². The quantitative estimate of drug-likeness (QED) is 0.447. The molecule has 0 aliphatic rings. The van der Waals surface area contributed by atoms with Crippen molar-refractivity contribution in [2.75, 3.05) is 5.43 Å². The van der Waals surface area contributed by atoms with E-state index in [9.17, 15) is 0 Å². The summed E-state index contributed by atoms with van der Waals surface area (Å²) >= 11 is 0. The van der Waals surface area contributed by atoms with Crippen LogP contribution in [0.1, 0.15) is 11.1 Å². The molecule has 2 heterocycles. The fourth-order valence-electron chi connectivity index (χ4n) is 3.05. The molecule has 1 N–H and O–H groups in total. The first kappa shape index (κ1) is 14.5. The minimum Gasteiger partial charge on any atom is -0.350 e. The number of hydrogen-bond acceptors (Lipinski definition) is 3. The summed E-state index contributed by atoms with van der Waals surface area (Å²) in [5.41, 5.74) is 7.48. The van der Waals surface area contributed by atoms with E-state index >= 15 is 0 Å². The molecule has 0 spiro atoms. The zero-order valence-corrected chi connectivity index (χ0v) is 13.7. The van der Waals surface area contributed by atoms with Crippen LogP contribution in [-0.4, -0.2) is 15.8 Å². The van der Waals surface area contributed by atoms with Crippen molar-refractivity contribution in [3.8, 4) is 0 Å². The summed E-state index contributed by atoms with van der Waals surface area (Å²) < 4.78 is 2.11. The van der Waals surface area contributed by atoms with Crippen LogP contribution in [-0.2, 0) is 7.05 Å². The number of hydrogen-bond donors (Lipinski definition) is 1. The van der Waals surface area contributed by atoms with Gasteiger partial charge in [-0.05, 0) is 30.7 Å². The van der Waals surface area contributed by atoms with Crippen LogP contribution < -0.4 is 5.43 Å². The summed E-state index contributed by atoms with van der Waals surface area (Å²) in [5.74, 6) is 0.752. The Kier molecular flexibility index (Phi) is 3.50. The van der Waals surface area contributed by atoms with Gasteiger partial charge in [0.1, 0.15) is 5.82 Å². The molecule has 2 aromatic heterocycles. The van der Waals surface area contributed by atoms with Gasteiger partial charge >= 0.3 is 0 Å². The van der Waals surface area contributed by atoms with E-state index in [2.05, 4.69) is 51.4 Å².